The average molecular weight is 551 g/mol. The van der Waals surface area contributed by atoms with E-state index < -0.39 is 23.9 Å². The summed E-state index contributed by atoms with van der Waals surface area (Å²) >= 11 is 0. The third-order valence-electron chi connectivity index (χ3n) is 7.81. The molecule has 0 radical (unpaired) electrons. The minimum Gasteiger partial charge on any atom is -0.497 e. The van der Waals surface area contributed by atoms with Gasteiger partial charge in [-0.25, -0.2) is 9.91 Å². The third kappa shape index (κ3) is 4.65. The van der Waals surface area contributed by atoms with Crippen LogP contribution in [0.15, 0.2) is 82.2 Å². The summed E-state index contributed by atoms with van der Waals surface area (Å²) < 4.78 is 5.32. The number of hydrogen-bond donors (Lipinski definition) is 0. The number of hydrogen-bond acceptors (Lipinski definition) is 8. The van der Waals surface area contributed by atoms with E-state index in [1.807, 2.05) is 69.3 Å². The number of carbonyl (C=O) groups excluding carboxylic acids is 3. The normalized spacial score (nSPS) is 21.5. The molecule has 0 unspecified atom stereocenters. The van der Waals surface area contributed by atoms with E-state index in [0.717, 1.165) is 38.4 Å². The number of hydrazone groups is 1. The lowest BCUT2D eigenvalue weighted by Crippen LogP contribution is -2.44. The van der Waals surface area contributed by atoms with Crippen LogP contribution in [-0.4, -0.2) is 59.2 Å². The summed E-state index contributed by atoms with van der Waals surface area (Å²) in [6.07, 6.45) is 0.522. The second kappa shape index (κ2) is 10.3. The maximum absolute atomic E-state index is 13.8. The molecular formula is C31H30N6O4. The first-order valence-corrected chi connectivity index (χ1v) is 13.5. The van der Waals surface area contributed by atoms with Gasteiger partial charge in [0.1, 0.15) is 12.3 Å². The molecule has 208 valence electrons. The Hall–Kier alpha value is -4.86. The van der Waals surface area contributed by atoms with Crippen LogP contribution >= 0.6 is 0 Å². The number of carbonyl (C=O) groups is 3. The molecule has 1 fully saturated rings. The molecule has 0 aliphatic carbocycles. The molecule has 6 rings (SSSR count). The van der Waals surface area contributed by atoms with Gasteiger partial charge in [-0.3, -0.25) is 19.4 Å². The van der Waals surface area contributed by atoms with Gasteiger partial charge in [0.25, 0.3) is 17.7 Å². The van der Waals surface area contributed by atoms with E-state index in [9.17, 15) is 14.4 Å². The first-order chi connectivity index (χ1) is 19.7. The summed E-state index contributed by atoms with van der Waals surface area (Å²) in [5.74, 6) is -0.533. The lowest BCUT2D eigenvalue weighted by molar-refractivity contribution is -0.135. The van der Waals surface area contributed by atoms with E-state index in [-0.39, 0.29) is 18.5 Å². The molecule has 3 heterocycles. The smallest absolute Gasteiger partial charge is 0.264 e. The molecule has 0 N–H and O–H groups in total. The zero-order valence-corrected chi connectivity index (χ0v) is 23.3. The molecule has 10 nitrogen and oxygen atoms in total. The first kappa shape index (κ1) is 26.4. The second-order valence-electron chi connectivity index (χ2n) is 10.6. The van der Waals surface area contributed by atoms with Crippen molar-refractivity contribution in [3.05, 3.63) is 94.5 Å². The van der Waals surface area contributed by atoms with Crippen LogP contribution in [0.5, 0.6) is 5.75 Å². The molecule has 0 spiro atoms. The van der Waals surface area contributed by atoms with Crippen molar-refractivity contribution in [2.24, 2.45) is 15.4 Å². The Labute approximate surface area is 237 Å². The van der Waals surface area contributed by atoms with E-state index in [1.54, 1.807) is 19.2 Å². The summed E-state index contributed by atoms with van der Waals surface area (Å²) in [7, 11) is 1.61. The highest BCUT2D eigenvalue weighted by molar-refractivity contribution is 6.25. The number of amides is 3. The lowest BCUT2D eigenvalue weighted by Gasteiger charge is -2.25. The molecule has 3 aliphatic rings. The van der Waals surface area contributed by atoms with Gasteiger partial charge in [0.2, 0.25) is 0 Å². The predicted octanol–water partition coefficient (Wildman–Crippen LogP) is 4.29. The molecule has 3 aliphatic heterocycles. The maximum Gasteiger partial charge on any atom is 0.264 e. The molecule has 1 saturated heterocycles. The Bertz CT molecular complexity index is 1600. The summed E-state index contributed by atoms with van der Waals surface area (Å²) in [4.78, 5) is 41.5. The topological polar surface area (TPSA) is 107 Å². The van der Waals surface area contributed by atoms with Crippen LogP contribution in [0.25, 0.3) is 0 Å². The highest BCUT2D eigenvalue weighted by Gasteiger charge is 2.55. The fourth-order valence-electron chi connectivity index (χ4n) is 5.64. The van der Waals surface area contributed by atoms with E-state index in [4.69, 9.17) is 9.84 Å². The van der Waals surface area contributed by atoms with Gasteiger partial charge in [0.15, 0.2) is 12.1 Å². The average Bonchev–Trinajstić information content (AvgIpc) is 3.65. The molecule has 3 aromatic rings. The van der Waals surface area contributed by atoms with Crippen molar-refractivity contribution in [1.82, 2.24) is 10.0 Å². The Morgan fingerprint density at radius 2 is 1.63 bits per heavy atom. The van der Waals surface area contributed by atoms with E-state index >= 15 is 0 Å². The highest BCUT2D eigenvalue weighted by atomic mass is 16.5. The monoisotopic (exact) mass is 550 g/mol. The largest absolute Gasteiger partial charge is 0.497 e. The van der Waals surface area contributed by atoms with Gasteiger partial charge in [0, 0.05) is 12.0 Å². The van der Waals surface area contributed by atoms with Gasteiger partial charge in [-0.2, -0.15) is 10.2 Å². The quantitative estimate of drug-likeness (QED) is 0.426. The Morgan fingerprint density at radius 3 is 2.32 bits per heavy atom. The van der Waals surface area contributed by atoms with Crippen molar-refractivity contribution in [3.63, 3.8) is 0 Å². The zero-order valence-electron chi connectivity index (χ0n) is 23.3. The van der Waals surface area contributed by atoms with Crippen molar-refractivity contribution in [1.29, 1.82) is 0 Å². The number of anilines is 1. The Kier molecular flexibility index (Phi) is 6.61. The predicted molar refractivity (Wildman–Crippen MR) is 152 cm³/mol. The SMILES string of the molecule is COc1ccc([C@@H]2CC(c3ccc(C)cc3C)=NN2C(=O)CN2N=N[C@@H]3C(=O)N(c4ccc(C)cc4)C(=O)[C@H]32)cc1. The lowest BCUT2D eigenvalue weighted by atomic mass is 9.95. The standard InChI is InChI=1S/C31H30N6O4/c1-18-5-10-22(11-6-18)36-30(39)28-29(31(36)40)35(34-32-28)17-27(38)37-26(21-8-12-23(41-4)13-9-21)16-25(33-37)24-14-7-19(2)15-20(24)3/h5-15,26,28-29H,16-17H2,1-4H3/t26-,28-,29-/m0/s1. The molecule has 41 heavy (non-hydrogen) atoms. The van der Waals surface area contributed by atoms with Crippen LogP contribution < -0.4 is 9.64 Å². The van der Waals surface area contributed by atoms with Gasteiger partial charge in [-0.15, -0.1) is 0 Å². The molecule has 0 saturated carbocycles. The minimum atomic E-state index is -0.984. The minimum absolute atomic E-state index is 0.248. The van der Waals surface area contributed by atoms with Gasteiger partial charge in [0.05, 0.1) is 24.6 Å². The van der Waals surface area contributed by atoms with Crippen LogP contribution in [0.4, 0.5) is 5.69 Å². The van der Waals surface area contributed by atoms with Gasteiger partial charge >= 0.3 is 0 Å². The highest BCUT2D eigenvalue weighted by Crippen LogP contribution is 2.36. The van der Waals surface area contributed by atoms with Crippen LogP contribution in [-0.2, 0) is 14.4 Å². The molecule has 0 aromatic heterocycles. The van der Waals surface area contributed by atoms with Gasteiger partial charge in [-0.05, 0) is 56.2 Å². The molecule has 10 heteroatoms. The number of methoxy groups -OCH3 is 1. The number of ether oxygens (including phenoxy) is 1. The van der Waals surface area contributed by atoms with Crippen molar-refractivity contribution >= 4 is 29.1 Å². The number of rotatable bonds is 6. The Balaban J connectivity index is 1.27. The number of imide groups is 1. The number of nitrogens with zero attached hydrogens (tertiary/aromatic N) is 6. The Morgan fingerprint density at radius 1 is 0.927 bits per heavy atom. The number of aryl methyl sites for hydroxylation is 3. The van der Waals surface area contributed by atoms with Crippen molar-refractivity contribution in [2.75, 3.05) is 18.6 Å². The molecule has 0 bridgehead atoms. The van der Waals surface area contributed by atoms with Crippen molar-refractivity contribution in [2.45, 2.75) is 45.3 Å². The molecular weight excluding hydrogens is 520 g/mol. The molecule has 3 aromatic carbocycles. The van der Waals surface area contributed by atoms with Crippen molar-refractivity contribution < 1.29 is 19.1 Å². The van der Waals surface area contributed by atoms with Gasteiger partial charge in [-0.1, -0.05) is 58.8 Å². The van der Waals surface area contributed by atoms with E-state index in [2.05, 4.69) is 16.4 Å². The van der Waals surface area contributed by atoms with Crippen LogP contribution in [0.1, 0.15) is 40.3 Å². The second-order valence-corrected chi connectivity index (χ2v) is 10.6. The van der Waals surface area contributed by atoms with Crippen LogP contribution in [0, 0.1) is 20.8 Å². The van der Waals surface area contributed by atoms with Crippen LogP contribution in [0.2, 0.25) is 0 Å². The summed E-state index contributed by atoms with van der Waals surface area (Å²) in [5.41, 5.74) is 6.40. The third-order valence-corrected chi connectivity index (χ3v) is 7.81. The maximum atomic E-state index is 13.8. The van der Waals surface area contributed by atoms with E-state index in [1.165, 1.54) is 10.0 Å². The zero-order chi connectivity index (χ0) is 28.8. The van der Waals surface area contributed by atoms with E-state index in [0.29, 0.717) is 17.9 Å². The fourth-order valence-corrected chi connectivity index (χ4v) is 5.64. The number of fused-ring (bicyclic) bond motifs is 1. The summed E-state index contributed by atoms with van der Waals surface area (Å²) in [6, 6.07) is 18.5. The number of benzene rings is 3. The van der Waals surface area contributed by atoms with Crippen LogP contribution in [0.3, 0.4) is 0 Å². The summed E-state index contributed by atoms with van der Waals surface area (Å²) in [6.45, 7) is 5.75. The van der Waals surface area contributed by atoms with Gasteiger partial charge < -0.3 is 4.74 Å². The summed E-state index contributed by atoms with van der Waals surface area (Å²) in [5, 5.41) is 15.7. The first-order valence-electron chi connectivity index (χ1n) is 13.5. The molecule has 3 amide bonds. The van der Waals surface area contributed by atoms with Crippen molar-refractivity contribution in [3.8, 4) is 5.75 Å². The molecule has 3 atom stereocenters. The fraction of sp³-hybridized carbons (Fsp3) is 0.290.